The Kier molecular flexibility index (Phi) is 5.72. The number of halogens is 1. The molecule has 3 heterocycles. The van der Waals surface area contributed by atoms with Crippen molar-refractivity contribution in [2.24, 2.45) is 0 Å². The zero-order valence-electron chi connectivity index (χ0n) is 18.7. The molecule has 1 aliphatic heterocycles. The maximum absolute atomic E-state index is 13.6. The number of nitrogens with one attached hydrogen (secondary N) is 1. The van der Waals surface area contributed by atoms with Crippen molar-refractivity contribution in [3.63, 3.8) is 0 Å². The Morgan fingerprint density at radius 1 is 1.06 bits per heavy atom. The molecule has 1 fully saturated rings. The maximum atomic E-state index is 13.6. The third kappa shape index (κ3) is 4.00. The average Bonchev–Trinajstić information content (AvgIpc) is 3.51. The van der Waals surface area contributed by atoms with E-state index >= 15 is 0 Å². The van der Waals surface area contributed by atoms with Crippen LogP contribution in [0.25, 0.3) is 27.7 Å². The van der Waals surface area contributed by atoms with Gasteiger partial charge in [0.25, 0.3) is 11.5 Å². The van der Waals surface area contributed by atoms with E-state index in [0.717, 1.165) is 5.69 Å². The van der Waals surface area contributed by atoms with E-state index in [2.05, 4.69) is 10.1 Å². The van der Waals surface area contributed by atoms with Gasteiger partial charge in [0.05, 0.1) is 17.4 Å². The lowest BCUT2D eigenvalue weighted by atomic mass is 10.1. The summed E-state index contributed by atoms with van der Waals surface area (Å²) in [4.78, 5) is 30.0. The first-order chi connectivity index (χ1) is 16.5. The molecular formula is C25H23FN4O4. The smallest absolute Gasteiger partial charge is 0.256 e. The Bertz CT molecular complexity index is 1400. The number of aromatic amines is 1. The van der Waals surface area contributed by atoms with Crippen LogP contribution in [0.1, 0.15) is 10.4 Å². The second kappa shape index (κ2) is 8.85. The first kappa shape index (κ1) is 22.0. The SMILES string of the molecule is CO[C@@H]1CN(C(=O)c2ccc(-n3cc(-c4cc5cc(F)ccc5[nH]c4=O)cn3)cc2)C[C@H]1OC. The Labute approximate surface area is 194 Å². The topological polar surface area (TPSA) is 89.5 Å². The minimum atomic E-state index is -0.375. The van der Waals surface area contributed by atoms with Crippen LogP contribution in [0.2, 0.25) is 0 Å². The van der Waals surface area contributed by atoms with Gasteiger partial charge in [-0.2, -0.15) is 5.10 Å². The summed E-state index contributed by atoms with van der Waals surface area (Å²) in [6, 6.07) is 12.9. The summed E-state index contributed by atoms with van der Waals surface area (Å²) < 4.78 is 26.1. The van der Waals surface area contributed by atoms with Crippen LogP contribution in [0.4, 0.5) is 4.39 Å². The zero-order valence-corrected chi connectivity index (χ0v) is 18.7. The van der Waals surface area contributed by atoms with Crippen LogP contribution < -0.4 is 5.56 Å². The Morgan fingerprint density at radius 2 is 1.76 bits per heavy atom. The number of benzene rings is 2. The number of hydrogen-bond acceptors (Lipinski definition) is 5. The highest BCUT2D eigenvalue weighted by atomic mass is 19.1. The lowest BCUT2D eigenvalue weighted by molar-refractivity contribution is -0.00461. The first-order valence-corrected chi connectivity index (χ1v) is 10.8. The van der Waals surface area contributed by atoms with Crippen molar-refractivity contribution in [3.05, 3.63) is 82.7 Å². The van der Waals surface area contributed by atoms with Gasteiger partial charge in [-0.1, -0.05) is 0 Å². The molecule has 2 aromatic heterocycles. The van der Waals surface area contributed by atoms with Crippen molar-refractivity contribution in [1.82, 2.24) is 19.7 Å². The van der Waals surface area contributed by atoms with E-state index in [1.165, 1.54) is 18.2 Å². The van der Waals surface area contributed by atoms with Gasteiger partial charge in [0, 0.05) is 55.5 Å². The molecule has 0 aliphatic carbocycles. The number of fused-ring (bicyclic) bond motifs is 1. The Hall–Kier alpha value is -3.82. The molecule has 34 heavy (non-hydrogen) atoms. The van der Waals surface area contributed by atoms with Crippen molar-refractivity contribution < 1.29 is 18.7 Å². The number of pyridine rings is 1. The van der Waals surface area contributed by atoms with Gasteiger partial charge in [-0.15, -0.1) is 0 Å². The summed E-state index contributed by atoms with van der Waals surface area (Å²) in [6.07, 6.45) is 3.00. The second-order valence-corrected chi connectivity index (χ2v) is 8.22. The first-order valence-electron chi connectivity index (χ1n) is 10.8. The molecule has 0 saturated carbocycles. The van der Waals surface area contributed by atoms with Crippen molar-refractivity contribution in [1.29, 1.82) is 0 Å². The largest absolute Gasteiger partial charge is 0.377 e. The van der Waals surface area contributed by atoms with Crippen LogP contribution in [0.15, 0.2) is 65.7 Å². The van der Waals surface area contributed by atoms with E-state index < -0.39 is 0 Å². The van der Waals surface area contributed by atoms with Crippen LogP contribution in [-0.4, -0.2) is 65.1 Å². The fourth-order valence-corrected chi connectivity index (χ4v) is 4.30. The average molecular weight is 462 g/mol. The fraction of sp³-hybridized carbons (Fsp3) is 0.240. The number of carbonyl (C=O) groups excluding carboxylic acids is 1. The number of methoxy groups -OCH3 is 2. The standard InChI is InChI=1S/C25H23FN4O4/c1-33-22-13-29(14-23(22)34-2)25(32)15-3-6-19(7-4-15)30-12-17(11-27-30)20-10-16-9-18(26)5-8-21(16)28-24(20)31/h3-12,22-23H,13-14H2,1-2H3,(H,28,31)/t22-,23-/m1/s1. The van der Waals surface area contributed by atoms with Crippen molar-refractivity contribution in [2.45, 2.75) is 12.2 Å². The minimum absolute atomic E-state index is 0.0933. The third-order valence-electron chi connectivity index (χ3n) is 6.19. The monoisotopic (exact) mass is 462 g/mol. The highest BCUT2D eigenvalue weighted by Crippen LogP contribution is 2.22. The van der Waals surface area contributed by atoms with Gasteiger partial charge < -0.3 is 19.4 Å². The van der Waals surface area contributed by atoms with Gasteiger partial charge in [0.15, 0.2) is 0 Å². The Balaban J connectivity index is 1.37. The second-order valence-electron chi connectivity index (χ2n) is 8.22. The summed E-state index contributed by atoms with van der Waals surface area (Å²) in [6.45, 7) is 0.949. The van der Waals surface area contributed by atoms with E-state index in [-0.39, 0.29) is 29.5 Å². The predicted octanol–water partition coefficient (Wildman–Crippen LogP) is 3.01. The third-order valence-corrected chi connectivity index (χ3v) is 6.19. The van der Waals surface area contributed by atoms with E-state index in [0.29, 0.717) is 40.7 Å². The van der Waals surface area contributed by atoms with Crippen LogP contribution >= 0.6 is 0 Å². The van der Waals surface area contributed by atoms with Crippen LogP contribution in [-0.2, 0) is 9.47 Å². The van der Waals surface area contributed by atoms with Crippen molar-refractivity contribution in [3.8, 4) is 16.8 Å². The van der Waals surface area contributed by atoms with Gasteiger partial charge in [0.1, 0.15) is 18.0 Å². The van der Waals surface area contributed by atoms with E-state index in [1.54, 1.807) is 66.5 Å². The van der Waals surface area contributed by atoms with Crippen LogP contribution in [0, 0.1) is 5.82 Å². The number of hydrogen-bond donors (Lipinski definition) is 1. The number of ether oxygens (including phenoxy) is 2. The van der Waals surface area contributed by atoms with Gasteiger partial charge in [-0.05, 0) is 48.5 Å². The molecule has 4 aromatic rings. The number of rotatable bonds is 5. The highest BCUT2D eigenvalue weighted by molar-refractivity contribution is 5.94. The van der Waals surface area contributed by atoms with Crippen LogP contribution in [0.3, 0.4) is 0 Å². The molecule has 8 nitrogen and oxygen atoms in total. The lowest BCUT2D eigenvalue weighted by Gasteiger charge is -2.16. The molecule has 2 aromatic carbocycles. The number of nitrogens with zero attached hydrogens (tertiary/aromatic N) is 3. The molecule has 1 saturated heterocycles. The number of likely N-dealkylation sites (tertiary alicyclic amines) is 1. The number of amides is 1. The fourth-order valence-electron chi connectivity index (χ4n) is 4.30. The molecule has 5 rings (SSSR count). The van der Waals surface area contributed by atoms with Crippen LogP contribution in [0.5, 0.6) is 0 Å². The molecule has 2 atom stereocenters. The molecule has 0 spiro atoms. The highest BCUT2D eigenvalue weighted by Gasteiger charge is 2.35. The number of aromatic nitrogens is 3. The molecular weight excluding hydrogens is 439 g/mol. The van der Waals surface area contributed by atoms with Crippen molar-refractivity contribution >= 4 is 16.8 Å². The van der Waals surface area contributed by atoms with E-state index in [9.17, 15) is 14.0 Å². The van der Waals surface area contributed by atoms with Gasteiger partial charge >= 0.3 is 0 Å². The zero-order chi connectivity index (χ0) is 23.8. The number of carbonyl (C=O) groups is 1. The van der Waals surface area contributed by atoms with Gasteiger partial charge in [-0.25, -0.2) is 9.07 Å². The molecule has 1 aliphatic rings. The summed E-state index contributed by atoms with van der Waals surface area (Å²) in [5, 5.41) is 4.95. The summed E-state index contributed by atoms with van der Waals surface area (Å²) in [5.74, 6) is -0.468. The van der Waals surface area contributed by atoms with E-state index in [4.69, 9.17) is 9.47 Å². The molecule has 174 valence electrons. The quantitative estimate of drug-likeness (QED) is 0.493. The molecule has 1 amide bonds. The number of H-pyrrole nitrogens is 1. The molecule has 1 N–H and O–H groups in total. The van der Waals surface area contributed by atoms with Gasteiger partial charge in [-0.3, -0.25) is 9.59 Å². The summed E-state index contributed by atoms with van der Waals surface area (Å²) in [5.41, 5.74) is 2.56. The molecule has 0 radical (unpaired) electrons. The van der Waals surface area contributed by atoms with E-state index in [1.807, 2.05) is 0 Å². The Morgan fingerprint density at radius 3 is 2.44 bits per heavy atom. The summed E-state index contributed by atoms with van der Waals surface area (Å²) >= 11 is 0. The minimum Gasteiger partial charge on any atom is -0.377 e. The normalized spacial score (nSPS) is 18.0. The van der Waals surface area contributed by atoms with Crippen molar-refractivity contribution in [2.75, 3.05) is 27.3 Å². The maximum Gasteiger partial charge on any atom is 0.256 e. The van der Waals surface area contributed by atoms with Gasteiger partial charge in [0.2, 0.25) is 0 Å². The predicted molar refractivity (Wildman–Crippen MR) is 125 cm³/mol. The molecule has 9 heteroatoms. The molecule has 0 unspecified atom stereocenters. The lowest BCUT2D eigenvalue weighted by Crippen LogP contribution is -2.30. The summed E-state index contributed by atoms with van der Waals surface area (Å²) in [7, 11) is 3.23. The molecule has 0 bridgehead atoms.